The summed E-state index contributed by atoms with van der Waals surface area (Å²) in [6, 6.07) is 16.1. The van der Waals surface area contributed by atoms with Gasteiger partial charge in [0.2, 0.25) is 5.88 Å². The molecule has 0 aliphatic carbocycles. The fourth-order valence-electron chi connectivity index (χ4n) is 3.05. The van der Waals surface area contributed by atoms with Crippen LogP contribution in [0.3, 0.4) is 0 Å². The Morgan fingerprint density at radius 1 is 1.15 bits per heavy atom. The van der Waals surface area contributed by atoms with Crippen LogP contribution in [-0.4, -0.2) is 15.9 Å². The second kappa shape index (κ2) is 7.37. The highest BCUT2D eigenvalue weighted by molar-refractivity contribution is 7.10. The summed E-state index contributed by atoms with van der Waals surface area (Å²) in [6.45, 7) is 4.88. The molecule has 2 heterocycles. The van der Waals surface area contributed by atoms with Gasteiger partial charge in [0.1, 0.15) is 0 Å². The van der Waals surface area contributed by atoms with E-state index in [-0.39, 0.29) is 5.88 Å². The van der Waals surface area contributed by atoms with Crippen LogP contribution in [-0.2, 0) is 6.54 Å². The minimum absolute atomic E-state index is 0.262. The van der Waals surface area contributed by atoms with Crippen molar-refractivity contribution in [2.75, 3.05) is 0 Å². The smallest absolute Gasteiger partial charge is 0.211 e. The molecule has 4 nitrogen and oxygen atoms in total. The van der Waals surface area contributed by atoms with E-state index in [1.54, 1.807) is 0 Å². The Morgan fingerprint density at radius 3 is 2.70 bits per heavy atom. The topological polar surface area (TPSA) is 49.9 Å². The van der Waals surface area contributed by atoms with E-state index in [2.05, 4.69) is 24.9 Å². The number of aromatic nitrogens is 1. The zero-order valence-corrected chi connectivity index (χ0v) is 16.2. The molecule has 1 aromatic heterocycles. The van der Waals surface area contributed by atoms with E-state index in [1.165, 1.54) is 16.9 Å². The Hall–Kier alpha value is -2.92. The second-order valence-corrected chi connectivity index (χ2v) is 7.56. The molecule has 3 aromatic rings. The largest absolute Gasteiger partial charge is 0.493 e. The zero-order chi connectivity index (χ0) is 18.8. The average molecular weight is 375 g/mol. The Bertz CT molecular complexity index is 1100. The summed E-state index contributed by atoms with van der Waals surface area (Å²) in [5.41, 5.74) is 5.15. The van der Waals surface area contributed by atoms with E-state index in [0.717, 1.165) is 45.2 Å². The Balaban J connectivity index is 1.80. The molecule has 1 aliphatic rings. The zero-order valence-electron chi connectivity index (χ0n) is 15.4. The number of aliphatic imine (C=N–C) groups is 1. The van der Waals surface area contributed by atoms with E-state index in [1.807, 2.05) is 59.3 Å². The molecule has 0 spiro atoms. The summed E-state index contributed by atoms with van der Waals surface area (Å²) in [4.78, 5) is 10.8. The van der Waals surface area contributed by atoms with Gasteiger partial charge in [-0.1, -0.05) is 54.2 Å². The highest BCUT2D eigenvalue weighted by Crippen LogP contribution is 2.34. The number of rotatable bonds is 4. The van der Waals surface area contributed by atoms with Crippen molar-refractivity contribution < 1.29 is 5.11 Å². The minimum Gasteiger partial charge on any atom is -0.493 e. The molecular formula is C22H21N3OS. The summed E-state index contributed by atoms with van der Waals surface area (Å²) in [5, 5.41) is 10.8. The Labute approximate surface area is 162 Å². The fraction of sp³-hybridized carbons (Fsp3) is 0.182. The normalized spacial score (nSPS) is 14.9. The number of para-hydroxylation sites is 1. The average Bonchev–Trinajstić information content (AvgIpc) is 3.21. The minimum atomic E-state index is 0.262. The third-order valence-electron chi connectivity index (χ3n) is 4.46. The molecule has 4 rings (SSSR count). The van der Waals surface area contributed by atoms with Crippen molar-refractivity contribution in [3.63, 3.8) is 0 Å². The van der Waals surface area contributed by atoms with E-state index in [4.69, 9.17) is 4.99 Å². The molecule has 0 bridgehead atoms. The van der Waals surface area contributed by atoms with Crippen LogP contribution in [0.2, 0.25) is 0 Å². The lowest BCUT2D eigenvalue weighted by atomic mass is 10.1. The number of benzene rings is 2. The van der Waals surface area contributed by atoms with E-state index in [9.17, 15) is 5.11 Å². The van der Waals surface area contributed by atoms with Crippen LogP contribution >= 0.6 is 11.3 Å². The Morgan fingerprint density at radius 2 is 1.93 bits per heavy atom. The molecular weight excluding hydrogens is 354 g/mol. The molecule has 2 aromatic carbocycles. The molecule has 0 radical (unpaired) electrons. The van der Waals surface area contributed by atoms with Gasteiger partial charge in [0, 0.05) is 23.9 Å². The SMILES string of the molecule is CCCn1c(O)c(/C=C2\C=Nc3ccccc32)sc1=Nc1ccc(C)cc1. The number of hydrogen-bond donors (Lipinski definition) is 1. The summed E-state index contributed by atoms with van der Waals surface area (Å²) in [6.07, 6.45) is 4.77. The first-order chi connectivity index (χ1) is 13.2. The first-order valence-electron chi connectivity index (χ1n) is 9.05. The van der Waals surface area contributed by atoms with Gasteiger partial charge in [0.15, 0.2) is 4.80 Å². The maximum absolute atomic E-state index is 10.8. The van der Waals surface area contributed by atoms with E-state index in [0.29, 0.717) is 0 Å². The van der Waals surface area contributed by atoms with Crippen LogP contribution in [0.1, 0.15) is 29.3 Å². The molecule has 136 valence electrons. The predicted octanol–water partition coefficient (Wildman–Crippen LogP) is 5.46. The van der Waals surface area contributed by atoms with Crippen molar-refractivity contribution in [3.8, 4) is 5.88 Å². The molecule has 5 heteroatoms. The molecule has 0 unspecified atom stereocenters. The number of nitrogens with zero attached hydrogens (tertiary/aromatic N) is 3. The summed E-state index contributed by atoms with van der Waals surface area (Å²) < 4.78 is 1.88. The van der Waals surface area contributed by atoms with Gasteiger partial charge < -0.3 is 5.11 Å². The quantitative estimate of drug-likeness (QED) is 0.646. The lowest BCUT2D eigenvalue weighted by Crippen LogP contribution is -2.13. The summed E-state index contributed by atoms with van der Waals surface area (Å²) in [5.74, 6) is 0.262. The van der Waals surface area contributed by atoms with Crippen molar-refractivity contribution in [3.05, 3.63) is 69.3 Å². The summed E-state index contributed by atoms with van der Waals surface area (Å²) >= 11 is 1.49. The molecule has 0 fully saturated rings. The number of aromatic hydroxyl groups is 1. The van der Waals surface area contributed by atoms with Gasteiger partial charge in [-0.15, -0.1) is 0 Å². The van der Waals surface area contributed by atoms with Crippen molar-refractivity contribution in [1.29, 1.82) is 0 Å². The fourth-order valence-corrected chi connectivity index (χ4v) is 4.07. The molecule has 0 saturated heterocycles. The lowest BCUT2D eigenvalue weighted by molar-refractivity contribution is 0.409. The number of thiazole rings is 1. The van der Waals surface area contributed by atoms with Gasteiger partial charge in [-0.2, -0.15) is 0 Å². The monoisotopic (exact) mass is 375 g/mol. The van der Waals surface area contributed by atoms with Gasteiger partial charge in [0.05, 0.1) is 16.3 Å². The first-order valence-corrected chi connectivity index (χ1v) is 9.86. The maximum atomic E-state index is 10.8. The standard InChI is InChI=1S/C22H21N3OS/c1-3-12-25-21(26)20(13-16-14-23-19-7-5-4-6-18(16)19)27-22(25)24-17-10-8-15(2)9-11-17/h4-11,13-14,26H,3,12H2,1-2H3/b16-13+,24-22?. The third-order valence-corrected chi connectivity index (χ3v) is 5.47. The number of hydrogen-bond acceptors (Lipinski definition) is 4. The van der Waals surface area contributed by atoms with Gasteiger partial charge in [0.25, 0.3) is 0 Å². The number of allylic oxidation sites excluding steroid dienone is 1. The number of aryl methyl sites for hydroxylation is 1. The molecule has 0 amide bonds. The maximum Gasteiger partial charge on any atom is 0.211 e. The highest BCUT2D eigenvalue weighted by atomic mass is 32.1. The predicted molar refractivity (Wildman–Crippen MR) is 113 cm³/mol. The summed E-state index contributed by atoms with van der Waals surface area (Å²) in [7, 11) is 0. The van der Waals surface area contributed by atoms with Gasteiger partial charge in [-0.25, -0.2) is 4.99 Å². The van der Waals surface area contributed by atoms with Crippen molar-refractivity contribution in [1.82, 2.24) is 4.57 Å². The molecule has 0 atom stereocenters. The molecule has 1 N–H and O–H groups in total. The lowest BCUT2D eigenvalue weighted by Gasteiger charge is -2.03. The van der Waals surface area contributed by atoms with Crippen LogP contribution in [0.5, 0.6) is 5.88 Å². The van der Waals surface area contributed by atoms with Crippen molar-refractivity contribution >= 4 is 40.6 Å². The van der Waals surface area contributed by atoms with E-state index >= 15 is 0 Å². The van der Waals surface area contributed by atoms with Gasteiger partial charge >= 0.3 is 0 Å². The highest BCUT2D eigenvalue weighted by Gasteiger charge is 2.15. The van der Waals surface area contributed by atoms with Gasteiger partial charge in [-0.05, 0) is 37.6 Å². The van der Waals surface area contributed by atoms with Crippen molar-refractivity contribution in [2.24, 2.45) is 9.98 Å². The van der Waals surface area contributed by atoms with Crippen LogP contribution < -0.4 is 4.80 Å². The van der Waals surface area contributed by atoms with E-state index < -0.39 is 0 Å². The molecule has 0 saturated carbocycles. The van der Waals surface area contributed by atoms with Gasteiger partial charge in [-0.3, -0.25) is 9.56 Å². The van der Waals surface area contributed by atoms with Crippen LogP contribution in [0, 0.1) is 6.92 Å². The van der Waals surface area contributed by atoms with Crippen LogP contribution in [0.4, 0.5) is 11.4 Å². The first kappa shape index (κ1) is 17.5. The second-order valence-electron chi connectivity index (χ2n) is 6.55. The third kappa shape index (κ3) is 3.51. The molecule has 1 aliphatic heterocycles. The Kier molecular flexibility index (Phi) is 4.77. The number of fused-ring (bicyclic) bond motifs is 1. The molecule has 27 heavy (non-hydrogen) atoms. The van der Waals surface area contributed by atoms with Crippen molar-refractivity contribution in [2.45, 2.75) is 26.8 Å². The van der Waals surface area contributed by atoms with Crippen LogP contribution in [0.25, 0.3) is 11.6 Å². The van der Waals surface area contributed by atoms with Crippen LogP contribution in [0.15, 0.2) is 58.5 Å².